The molecule has 1 aliphatic heterocycles. The van der Waals surface area contributed by atoms with Gasteiger partial charge in [-0.1, -0.05) is 57.8 Å². The Morgan fingerprint density at radius 3 is 2.48 bits per heavy atom. The highest BCUT2D eigenvalue weighted by Gasteiger charge is 2.45. The molecule has 11 heteroatoms. The molecule has 0 aliphatic carbocycles. The molecule has 0 spiro atoms. The zero-order valence-corrected chi connectivity index (χ0v) is 21.3. The van der Waals surface area contributed by atoms with Crippen LogP contribution in [0.1, 0.15) is 30.1 Å². The average molecular weight is 578 g/mol. The Hall–Kier alpha value is -1.68. The lowest BCUT2D eigenvalue weighted by molar-refractivity contribution is -0.155. The smallest absolute Gasteiger partial charge is 0.297 e. The fourth-order valence-electron chi connectivity index (χ4n) is 3.64. The van der Waals surface area contributed by atoms with E-state index in [4.69, 9.17) is 28.2 Å². The fraction of sp³-hybridized carbons (Fsp3) is 0.273. The molecule has 4 rings (SSSR count). The highest BCUT2D eigenvalue weighted by Crippen LogP contribution is 2.43. The van der Waals surface area contributed by atoms with Crippen molar-refractivity contribution in [1.82, 2.24) is 15.0 Å². The summed E-state index contributed by atoms with van der Waals surface area (Å²) < 4.78 is 43.1. The normalized spacial score (nSPS) is 17.1. The number of hydrogen-bond acceptors (Lipinski definition) is 4. The minimum atomic E-state index is -4.36. The Balaban J connectivity index is 1.79. The van der Waals surface area contributed by atoms with Crippen LogP contribution in [-0.2, 0) is 0 Å². The summed E-state index contributed by atoms with van der Waals surface area (Å²) >= 11 is 17.0. The predicted octanol–water partition coefficient (Wildman–Crippen LogP) is 8.15. The van der Waals surface area contributed by atoms with Crippen LogP contribution in [0, 0.1) is 12.8 Å². The summed E-state index contributed by atoms with van der Waals surface area (Å²) in [5.74, 6) is -1.05. The molecule has 1 aliphatic rings. The van der Waals surface area contributed by atoms with Crippen molar-refractivity contribution >= 4 is 55.9 Å². The molecular weight excluding hydrogens is 560 g/mol. The van der Waals surface area contributed by atoms with Crippen LogP contribution in [0.5, 0.6) is 0 Å². The molecule has 4 nitrogen and oxygen atoms in total. The van der Waals surface area contributed by atoms with E-state index in [0.717, 1.165) is 27.6 Å². The minimum Gasteiger partial charge on any atom is -0.297 e. The number of imidazole rings is 1. The summed E-state index contributed by atoms with van der Waals surface area (Å²) in [6, 6.07) is 12.8. The van der Waals surface area contributed by atoms with E-state index in [0.29, 0.717) is 27.1 Å². The second-order valence-electron chi connectivity index (χ2n) is 7.42. The first-order valence-corrected chi connectivity index (χ1v) is 12.4. The predicted molar refractivity (Wildman–Crippen MR) is 132 cm³/mol. The third-order valence-corrected chi connectivity index (χ3v) is 7.54. The Morgan fingerprint density at radius 2 is 1.88 bits per heavy atom. The molecule has 2 aromatic carbocycles. The van der Waals surface area contributed by atoms with Gasteiger partial charge in [0, 0.05) is 26.4 Å². The second kappa shape index (κ2) is 9.52. The molecule has 0 bridgehead atoms. The average Bonchev–Trinajstić information content (AvgIpc) is 3.33. The van der Waals surface area contributed by atoms with Crippen molar-refractivity contribution in [3.63, 3.8) is 0 Å². The van der Waals surface area contributed by atoms with Gasteiger partial charge in [0.25, 0.3) is 0 Å². The van der Waals surface area contributed by atoms with E-state index in [9.17, 15) is 13.2 Å². The van der Waals surface area contributed by atoms with Crippen LogP contribution in [0.15, 0.2) is 52.0 Å². The third kappa shape index (κ3) is 4.92. The van der Waals surface area contributed by atoms with Crippen LogP contribution < -0.4 is 5.43 Å². The maximum absolute atomic E-state index is 13.4. The monoisotopic (exact) mass is 576 g/mol. The molecule has 0 fully saturated rings. The van der Waals surface area contributed by atoms with E-state index >= 15 is 0 Å². The Kier molecular flexibility index (Phi) is 7.05. The maximum Gasteiger partial charge on any atom is 0.397 e. The topological polar surface area (TPSA) is 42.2 Å². The Morgan fingerprint density at radius 1 is 1.18 bits per heavy atom. The van der Waals surface area contributed by atoms with Crippen LogP contribution in [0.2, 0.25) is 10.0 Å². The van der Waals surface area contributed by atoms with E-state index in [1.807, 2.05) is 35.8 Å². The Bertz CT molecular complexity index is 1210. The number of thioether (sulfide) groups is 1. The molecule has 1 N–H and O–H groups in total. The molecule has 1 aromatic heterocycles. The first kappa shape index (κ1) is 24.4. The first-order chi connectivity index (χ1) is 15.6. The quantitative estimate of drug-likeness (QED) is 0.332. The molecular formula is C22H18BrCl2F3N4S. The van der Waals surface area contributed by atoms with Crippen LogP contribution in [0.4, 0.5) is 13.2 Å². The number of hydrogen-bond donors (Lipinski definition) is 1. The zero-order chi connectivity index (χ0) is 23.9. The molecule has 33 heavy (non-hydrogen) atoms. The summed E-state index contributed by atoms with van der Waals surface area (Å²) in [5, 5.41) is 4.38. The molecule has 0 amide bonds. The van der Waals surface area contributed by atoms with E-state index in [1.165, 1.54) is 6.92 Å². The molecule has 174 valence electrons. The lowest BCUT2D eigenvalue weighted by Crippen LogP contribution is -2.27. The largest absolute Gasteiger partial charge is 0.397 e. The van der Waals surface area contributed by atoms with Crippen LogP contribution in [-0.4, -0.2) is 20.8 Å². The molecule has 2 unspecified atom stereocenters. The number of hydrazone groups is 1. The van der Waals surface area contributed by atoms with Crippen molar-refractivity contribution in [2.75, 3.05) is 0 Å². The van der Waals surface area contributed by atoms with E-state index in [-0.39, 0.29) is 11.5 Å². The van der Waals surface area contributed by atoms with Gasteiger partial charge in [-0.3, -0.25) is 9.99 Å². The summed E-state index contributed by atoms with van der Waals surface area (Å²) in [6.45, 7) is 3.38. The van der Waals surface area contributed by atoms with Crippen molar-refractivity contribution in [3.8, 4) is 17.1 Å². The third-order valence-electron chi connectivity index (χ3n) is 5.28. The van der Waals surface area contributed by atoms with E-state index < -0.39 is 17.5 Å². The van der Waals surface area contributed by atoms with Gasteiger partial charge in [0.15, 0.2) is 0 Å². The molecule has 0 radical (unpaired) electrons. The van der Waals surface area contributed by atoms with Gasteiger partial charge < -0.3 is 0 Å². The summed E-state index contributed by atoms with van der Waals surface area (Å²) in [7, 11) is 0. The van der Waals surface area contributed by atoms with Crippen LogP contribution in [0.3, 0.4) is 0 Å². The van der Waals surface area contributed by atoms with Gasteiger partial charge >= 0.3 is 6.18 Å². The number of nitrogens with zero attached hydrogens (tertiary/aromatic N) is 3. The molecule has 0 saturated heterocycles. The van der Waals surface area contributed by atoms with Crippen LogP contribution >= 0.6 is 50.9 Å². The highest BCUT2D eigenvalue weighted by molar-refractivity contribution is 9.10. The minimum absolute atomic E-state index is 0.0127. The maximum atomic E-state index is 13.4. The summed E-state index contributed by atoms with van der Waals surface area (Å²) in [4.78, 5) is 4.82. The number of benzene rings is 2. The lowest BCUT2D eigenvalue weighted by atomic mass is 10.1. The van der Waals surface area contributed by atoms with Gasteiger partial charge in [-0.25, -0.2) is 4.98 Å². The standard InChI is InChI=1S/C22H18BrCl2F3N4S/c1-3-16(22(26,27)28)20-30-31-21(33-20)18-11(2)32(14-7-4-12(23)5-8-14)19(29-18)15-9-6-13(24)10-17(15)25/h4-10,16,21,31H,3H2,1-2H3. The number of halogens is 6. The van der Waals surface area contributed by atoms with Gasteiger partial charge in [-0.15, -0.1) is 0 Å². The number of alkyl halides is 3. The SMILES string of the molecule is CCC(C1=NNC(c2nc(-c3ccc(Cl)cc3Cl)n(-c3ccc(Br)cc3)c2C)S1)C(F)(F)F. The number of nitrogens with one attached hydrogen (secondary N) is 1. The highest BCUT2D eigenvalue weighted by atomic mass is 79.9. The molecule has 3 aromatic rings. The van der Waals surface area contributed by atoms with Gasteiger partial charge in [-0.2, -0.15) is 18.3 Å². The van der Waals surface area contributed by atoms with Gasteiger partial charge in [0.2, 0.25) is 0 Å². The Labute approximate surface area is 211 Å². The molecule has 2 atom stereocenters. The molecule has 2 heterocycles. The second-order valence-corrected chi connectivity index (χ2v) is 10.3. The van der Waals surface area contributed by atoms with Crippen molar-refractivity contribution in [2.45, 2.75) is 31.8 Å². The summed E-state index contributed by atoms with van der Waals surface area (Å²) in [6.07, 6.45) is -4.44. The summed E-state index contributed by atoms with van der Waals surface area (Å²) in [5.41, 5.74) is 5.68. The number of aromatic nitrogens is 2. The first-order valence-electron chi connectivity index (χ1n) is 9.97. The van der Waals surface area contributed by atoms with Crippen molar-refractivity contribution in [3.05, 3.63) is 68.4 Å². The van der Waals surface area contributed by atoms with Gasteiger partial charge in [0.1, 0.15) is 22.2 Å². The van der Waals surface area contributed by atoms with Gasteiger partial charge in [-0.05, 0) is 55.8 Å². The van der Waals surface area contributed by atoms with Crippen molar-refractivity contribution in [2.24, 2.45) is 11.0 Å². The number of rotatable bonds is 5. The van der Waals surface area contributed by atoms with Crippen molar-refractivity contribution < 1.29 is 13.2 Å². The van der Waals surface area contributed by atoms with Crippen molar-refractivity contribution in [1.29, 1.82) is 0 Å². The lowest BCUT2D eigenvalue weighted by Gasteiger charge is -2.17. The fourth-order valence-corrected chi connectivity index (χ4v) is 5.65. The zero-order valence-electron chi connectivity index (χ0n) is 17.4. The van der Waals surface area contributed by atoms with Gasteiger partial charge in [0.05, 0.1) is 10.7 Å². The van der Waals surface area contributed by atoms with E-state index in [2.05, 4.69) is 26.5 Å². The van der Waals surface area contributed by atoms with E-state index in [1.54, 1.807) is 18.2 Å². The van der Waals surface area contributed by atoms with Crippen LogP contribution in [0.25, 0.3) is 17.1 Å². The molecule has 0 saturated carbocycles.